The van der Waals surface area contributed by atoms with Crippen LogP contribution in [0.1, 0.15) is 30.9 Å². The Kier molecular flexibility index (Phi) is 8.73. The van der Waals surface area contributed by atoms with Crippen molar-refractivity contribution in [3.63, 3.8) is 0 Å². The molecule has 2 saturated heterocycles. The lowest BCUT2D eigenvalue weighted by atomic mass is 10.1. The highest BCUT2D eigenvalue weighted by atomic mass is 35.5. The van der Waals surface area contributed by atoms with Crippen molar-refractivity contribution >= 4 is 24.2 Å². The van der Waals surface area contributed by atoms with E-state index in [1.54, 1.807) is 9.80 Å². The smallest absolute Gasteiger partial charge is 0.395 e. The topological polar surface area (TPSA) is 64.1 Å². The summed E-state index contributed by atoms with van der Waals surface area (Å²) < 4.78 is 38.3. The molecule has 2 amide bonds. The van der Waals surface area contributed by atoms with Gasteiger partial charge in [0.05, 0.1) is 24.6 Å². The van der Waals surface area contributed by atoms with Crippen LogP contribution >= 0.6 is 12.4 Å². The first kappa shape index (κ1) is 25.4. The molecule has 31 heavy (non-hydrogen) atoms. The van der Waals surface area contributed by atoms with Crippen LogP contribution in [0.5, 0.6) is 0 Å². The summed E-state index contributed by atoms with van der Waals surface area (Å²) in [4.78, 5) is 30.5. The zero-order valence-corrected chi connectivity index (χ0v) is 18.3. The van der Waals surface area contributed by atoms with Gasteiger partial charge in [-0.15, -0.1) is 12.4 Å². The quantitative estimate of drug-likeness (QED) is 0.727. The summed E-state index contributed by atoms with van der Waals surface area (Å²) in [6.07, 6.45) is -2.51. The number of amides is 2. The van der Waals surface area contributed by atoms with E-state index in [4.69, 9.17) is 0 Å². The number of nitrogens with zero attached hydrogens (tertiary/aromatic N) is 3. The molecule has 2 aliphatic rings. The number of aliphatic hydroxyl groups excluding tert-OH is 1. The number of aliphatic hydroxyl groups is 1. The third-order valence-corrected chi connectivity index (χ3v) is 6.04. The fourth-order valence-corrected chi connectivity index (χ4v) is 4.33. The molecule has 2 aliphatic heterocycles. The average Bonchev–Trinajstić information content (AvgIpc) is 3.14. The number of rotatable bonds is 5. The fraction of sp³-hybridized carbons (Fsp3) is 0.619. The normalized spacial score (nSPS) is 22.4. The van der Waals surface area contributed by atoms with Gasteiger partial charge in [-0.2, -0.15) is 13.2 Å². The molecule has 0 spiro atoms. The van der Waals surface area contributed by atoms with Gasteiger partial charge < -0.3 is 14.9 Å². The third kappa shape index (κ3) is 6.33. The molecule has 0 saturated carbocycles. The summed E-state index contributed by atoms with van der Waals surface area (Å²) in [7, 11) is 0. The van der Waals surface area contributed by atoms with Gasteiger partial charge >= 0.3 is 6.18 Å². The van der Waals surface area contributed by atoms with Crippen LogP contribution in [0.3, 0.4) is 0 Å². The van der Waals surface area contributed by atoms with E-state index in [1.165, 1.54) is 19.1 Å². The minimum absolute atomic E-state index is 0. The molecular formula is C21H29ClF3N3O3. The number of piperazine rings is 1. The first-order valence-corrected chi connectivity index (χ1v) is 10.2. The third-order valence-electron chi connectivity index (χ3n) is 6.04. The lowest BCUT2D eigenvalue weighted by molar-refractivity contribution is -0.142. The number of carbonyl (C=O) groups is 2. The summed E-state index contributed by atoms with van der Waals surface area (Å²) in [5, 5.41) is 9.59. The van der Waals surface area contributed by atoms with Crippen molar-refractivity contribution in [1.29, 1.82) is 0 Å². The lowest BCUT2D eigenvalue weighted by Gasteiger charge is -2.43. The Hall–Kier alpha value is -1.84. The number of likely N-dealkylation sites (tertiary alicyclic amines) is 1. The molecule has 174 valence electrons. The van der Waals surface area contributed by atoms with Crippen LogP contribution < -0.4 is 0 Å². The fourth-order valence-electron chi connectivity index (χ4n) is 4.33. The lowest BCUT2D eigenvalue weighted by Crippen LogP contribution is -2.60. The molecule has 6 nitrogen and oxygen atoms in total. The summed E-state index contributed by atoms with van der Waals surface area (Å²) in [6, 6.07) is 4.50. The van der Waals surface area contributed by atoms with E-state index >= 15 is 0 Å². The van der Waals surface area contributed by atoms with Crippen molar-refractivity contribution < 1.29 is 27.9 Å². The first-order chi connectivity index (χ1) is 14.2. The minimum atomic E-state index is -4.41. The molecule has 1 aromatic carbocycles. The van der Waals surface area contributed by atoms with E-state index in [9.17, 15) is 27.9 Å². The molecule has 2 unspecified atom stereocenters. The summed E-state index contributed by atoms with van der Waals surface area (Å²) >= 11 is 0. The Balaban J connectivity index is 0.00000341. The van der Waals surface area contributed by atoms with Crippen molar-refractivity contribution in [3.8, 4) is 0 Å². The zero-order chi connectivity index (χ0) is 21.9. The largest absolute Gasteiger partial charge is 0.416 e. The van der Waals surface area contributed by atoms with Gasteiger partial charge in [0.15, 0.2) is 0 Å². The summed E-state index contributed by atoms with van der Waals surface area (Å²) in [6.45, 7) is 4.21. The van der Waals surface area contributed by atoms with Crippen LogP contribution in [0, 0.1) is 0 Å². The number of hydrogen-bond donors (Lipinski definition) is 1. The monoisotopic (exact) mass is 463 g/mol. The molecule has 1 N–H and O–H groups in total. The molecular weight excluding hydrogens is 435 g/mol. The SMILES string of the molecule is CC(=O)N1CCN(C(=O)Cc2ccc(C(F)(F)F)cc2)C(CN2CCCC2CO)C1.Cl. The van der Waals surface area contributed by atoms with Crippen LogP contribution in [0.4, 0.5) is 13.2 Å². The average molecular weight is 464 g/mol. The highest BCUT2D eigenvalue weighted by Crippen LogP contribution is 2.29. The van der Waals surface area contributed by atoms with Gasteiger partial charge in [-0.05, 0) is 37.1 Å². The number of halogens is 4. The van der Waals surface area contributed by atoms with Gasteiger partial charge in [0.2, 0.25) is 11.8 Å². The van der Waals surface area contributed by atoms with Crippen molar-refractivity contribution in [2.75, 3.05) is 39.3 Å². The predicted molar refractivity (Wildman–Crippen MR) is 112 cm³/mol. The van der Waals surface area contributed by atoms with E-state index < -0.39 is 11.7 Å². The van der Waals surface area contributed by atoms with E-state index in [1.807, 2.05) is 0 Å². The molecule has 2 heterocycles. The molecule has 1 aromatic rings. The Labute approximate surface area is 186 Å². The number of hydrogen-bond acceptors (Lipinski definition) is 4. The molecule has 0 aliphatic carbocycles. The van der Waals surface area contributed by atoms with E-state index in [0.29, 0.717) is 31.7 Å². The first-order valence-electron chi connectivity index (χ1n) is 10.2. The van der Waals surface area contributed by atoms with Crippen LogP contribution in [0.2, 0.25) is 0 Å². The summed E-state index contributed by atoms with van der Waals surface area (Å²) in [5.41, 5.74) is -0.217. The van der Waals surface area contributed by atoms with Crippen molar-refractivity contribution in [1.82, 2.24) is 14.7 Å². The second-order valence-corrected chi connectivity index (χ2v) is 8.05. The Morgan fingerprint density at radius 1 is 1.10 bits per heavy atom. The van der Waals surface area contributed by atoms with Crippen molar-refractivity contribution in [3.05, 3.63) is 35.4 Å². The maximum Gasteiger partial charge on any atom is 0.416 e. The van der Waals surface area contributed by atoms with Gasteiger partial charge in [-0.3, -0.25) is 14.5 Å². The van der Waals surface area contributed by atoms with Crippen LogP contribution in [-0.2, 0) is 22.2 Å². The van der Waals surface area contributed by atoms with Gasteiger partial charge in [0.1, 0.15) is 0 Å². The molecule has 0 bridgehead atoms. The van der Waals surface area contributed by atoms with Gasteiger partial charge in [-0.25, -0.2) is 0 Å². The highest BCUT2D eigenvalue weighted by Gasteiger charge is 2.35. The molecule has 0 radical (unpaired) electrons. The second-order valence-electron chi connectivity index (χ2n) is 8.05. The van der Waals surface area contributed by atoms with E-state index in [2.05, 4.69) is 4.90 Å². The number of carbonyl (C=O) groups excluding carboxylic acids is 2. The highest BCUT2D eigenvalue weighted by molar-refractivity contribution is 5.85. The zero-order valence-electron chi connectivity index (χ0n) is 17.5. The predicted octanol–water partition coefficient (Wildman–Crippen LogP) is 2.19. The second kappa shape index (κ2) is 10.7. The minimum Gasteiger partial charge on any atom is -0.395 e. The Morgan fingerprint density at radius 3 is 2.35 bits per heavy atom. The Morgan fingerprint density at radius 2 is 1.77 bits per heavy atom. The van der Waals surface area contributed by atoms with Gasteiger partial charge in [-0.1, -0.05) is 12.1 Å². The number of alkyl halides is 3. The van der Waals surface area contributed by atoms with E-state index in [-0.39, 0.29) is 49.3 Å². The molecule has 2 fully saturated rings. The van der Waals surface area contributed by atoms with E-state index in [0.717, 1.165) is 31.5 Å². The Bertz CT molecular complexity index is 760. The maximum atomic E-state index is 13.0. The molecule has 3 rings (SSSR count). The van der Waals surface area contributed by atoms with Crippen molar-refractivity contribution in [2.24, 2.45) is 0 Å². The molecule has 2 atom stereocenters. The van der Waals surface area contributed by atoms with Gasteiger partial charge in [0, 0.05) is 39.1 Å². The maximum absolute atomic E-state index is 13.0. The van der Waals surface area contributed by atoms with Crippen LogP contribution in [-0.4, -0.2) is 83.0 Å². The number of benzene rings is 1. The summed E-state index contributed by atoms with van der Waals surface area (Å²) in [5.74, 6) is -0.210. The van der Waals surface area contributed by atoms with Crippen molar-refractivity contribution in [2.45, 2.75) is 44.4 Å². The standard InChI is InChI=1S/C21H28F3N3O3.ClH/c1-15(29)25-9-10-27(19(12-25)13-26-8-2-3-18(26)14-28)20(30)11-16-4-6-17(7-5-16)21(22,23)24;/h4-7,18-19,28H,2-3,8-14H2,1H3;1H. The molecule has 10 heteroatoms. The molecule has 0 aromatic heterocycles. The van der Waals surface area contributed by atoms with Gasteiger partial charge in [0.25, 0.3) is 0 Å². The van der Waals surface area contributed by atoms with Crippen LogP contribution in [0.25, 0.3) is 0 Å². The van der Waals surface area contributed by atoms with Crippen LogP contribution in [0.15, 0.2) is 24.3 Å².